The first-order chi connectivity index (χ1) is 13.1. The minimum absolute atomic E-state index is 0.418. The van der Waals surface area contributed by atoms with E-state index in [4.69, 9.17) is 16.0 Å². The van der Waals surface area contributed by atoms with Gasteiger partial charge in [0.05, 0.1) is 16.7 Å². The highest BCUT2D eigenvalue weighted by Gasteiger charge is 2.11. The third-order valence-electron chi connectivity index (χ3n) is 3.71. The lowest BCUT2D eigenvalue weighted by Gasteiger charge is -2.00. The van der Waals surface area contributed by atoms with E-state index in [2.05, 4.69) is 31.4 Å². The third kappa shape index (κ3) is 4.10. The van der Waals surface area contributed by atoms with Gasteiger partial charge in [-0.15, -0.1) is 0 Å². The van der Waals surface area contributed by atoms with Crippen molar-refractivity contribution in [1.29, 1.82) is 0 Å². The summed E-state index contributed by atoms with van der Waals surface area (Å²) in [5.41, 5.74) is 4.34. The highest BCUT2D eigenvalue weighted by molar-refractivity contribution is 9.10. The summed E-state index contributed by atoms with van der Waals surface area (Å²) < 4.78 is 6.38. The van der Waals surface area contributed by atoms with E-state index < -0.39 is 5.63 Å². The van der Waals surface area contributed by atoms with E-state index in [1.54, 1.807) is 36.7 Å². The van der Waals surface area contributed by atoms with E-state index in [1.165, 1.54) is 11.3 Å². The van der Waals surface area contributed by atoms with Crippen LogP contribution in [0.1, 0.15) is 5.56 Å². The molecule has 4 aromatic rings. The van der Waals surface area contributed by atoms with Crippen molar-refractivity contribution in [1.82, 2.24) is 4.98 Å². The number of fused-ring (bicyclic) bond motifs is 1. The summed E-state index contributed by atoms with van der Waals surface area (Å²) in [5.74, 6) is 0. The standard InChI is InChI=1S/C19H11BrClN3O2S/c20-13-3-1-11(2-4-13)9-23-24-19-22-10-17(27-19)15-8-12-7-14(21)5-6-16(12)26-18(15)25/h1-10H,(H,22,24)/b23-9+. The van der Waals surface area contributed by atoms with Crippen molar-refractivity contribution < 1.29 is 4.42 Å². The van der Waals surface area contributed by atoms with E-state index in [0.29, 0.717) is 26.2 Å². The molecule has 0 fully saturated rings. The summed E-state index contributed by atoms with van der Waals surface area (Å²) in [6, 6.07) is 14.6. The first-order valence-corrected chi connectivity index (χ1v) is 9.81. The van der Waals surface area contributed by atoms with Crippen LogP contribution in [0.4, 0.5) is 5.13 Å². The normalized spacial score (nSPS) is 11.3. The summed E-state index contributed by atoms with van der Waals surface area (Å²) >= 11 is 10.7. The molecule has 5 nitrogen and oxygen atoms in total. The number of hydrazone groups is 1. The first kappa shape index (κ1) is 17.9. The van der Waals surface area contributed by atoms with Crippen molar-refractivity contribution in [3.05, 3.63) is 80.2 Å². The first-order valence-electron chi connectivity index (χ1n) is 7.83. The Kier molecular flexibility index (Phi) is 5.07. The van der Waals surface area contributed by atoms with Crippen LogP contribution in [0, 0.1) is 0 Å². The maximum absolute atomic E-state index is 12.3. The Morgan fingerprint density at radius 1 is 1.19 bits per heavy atom. The van der Waals surface area contributed by atoms with Crippen LogP contribution in [0.2, 0.25) is 5.02 Å². The minimum Gasteiger partial charge on any atom is -0.422 e. The van der Waals surface area contributed by atoms with Gasteiger partial charge in [-0.1, -0.05) is 51.0 Å². The molecule has 0 aliphatic rings. The largest absolute Gasteiger partial charge is 0.422 e. The molecule has 0 spiro atoms. The molecular weight excluding hydrogens is 450 g/mol. The van der Waals surface area contributed by atoms with Crippen LogP contribution >= 0.6 is 38.9 Å². The molecule has 0 aliphatic heterocycles. The fraction of sp³-hybridized carbons (Fsp3) is 0. The van der Waals surface area contributed by atoms with Gasteiger partial charge in [0.25, 0.3) is 0 Å². The van der Waals surface area contributed by atoms with Gasteiger partial charge in [-0.25, -0.2) is 9.78 Å². The van der Waals surface area contributed by atoms with Crippen molar-refractivity contribution in [2.24, 2.45) is 5.10 Å². The Balaban J connectivity index is 1.57. The number of hydrogen-bond acceptors (Lipinski definition) is 6. The molecular formula is C19H11BrClN3O2S. The fourth-order valence-corrected chi connectivity index (χ4v) is 3.64. The van der Waals surface area contributed by atoms with Crippen molar-refractivity contribution in [3.8, 4) is 10.4 Å². The molecule has 1 N–H and O–H groups in total. The van der Waals surface area contributed by atoms with Gasteiger partial charge in [0.15, 0.2) is 0 Å². The third-order valence-corrected chi connectivity index (χ3v) is 5.41. The van der Waals surface area contributed by atoms with Crippen LogP contribution in [0.25, 0.3) is 21.4 Å². The highest BCUT2D eigenvalue weighted by atomic mass is 79.9. The second kappa shape index (κ2) is 7.64. The molecule has 2 aromatic carbocycles. The smallest absolute Gasteiger partial charge is 0.345 e. The van der Waals surface area contributed by atoms with Crippen LogP contribution in [0.15, 0.2) is 73.5 Å². The van der Waals surface area contributed by atoms with Gasteiger partial charge in [0.2, 0.25) is 5.13 Å². The summed E-state index contributed by atoms with van der Waals surface area (Å²) in [5, 5.41) is 6.08. The van der Waals surface area contributed by atoms with Gasteiger partial charge < -0.3 is 4.42 Å². The molecule has 2 heterocycles. The molecule has 0 amide bonds. The number of anilines is 1. The summed E-state index contributed by atoms with van der Waals surface area (Å²) in [4.78, 5) is 17.2. The second-order valence-electron chi connectivity index (χ2n) is 5.58. The number of rotatable bonds is 4. The number of benzene rings is 2. The number of hydrogen-bond donors (Lipinski definition) is 1. The molecule has 0 radical (unpaired) electrons. The molecule has 8 heteroatoms. The van der Waals surface area contributed by atoms with Crippen molar-refractivity contribution in [2.75, 3.05) is 5.43 Å². The molecule has 0 unspecified atom stereocenters. The number of nitrogens with zero attached hydrogens (tertiary/aromatic N) is 2. The molecule has 2 aromatic heterocycles. The summed E-state index contributed by atoms with van der Waals surface area (Å²) in [6.45, 7) is 0. The molecule has 134 valence electrons. The maximum atomic E-state index is 12.3. The maximum Gasteiger partial charge on any atom is 0.345 e. The predicted octanol–water partition coefficient (Wildman–Crippen LogP) is 5.78. The lowest BCUT2D eigenvalue weighted by atomic mass is 10.2. The van der Waals surface area contributed by atoms with Crippen LogP contribution in [0.3, 0.4) is 0 Å². The summed E-state index contributed by atoms with van der Waals surface area (Å²) in [7, 11) is 0. The molecule has 0 atom stereocenters. The van der Waals surface area contributed by atoms with Gasteiger partial charge in [-0.05, 0) is 42.0 Å². The lowest BCUT2D eigenvalue weighted by Crippen LogP contribution is -2.01. The number of aromatic nitrogens is 1. The van der Waals surface area contributed by atoms with Crippen molar-refractivity contribution >= 4 is 61.2 Å². The molecule has 0 aliphatic carbocycles. The Bertz CT molecular complexity index is 1200. The Hall–Kier alpha value is -2.48. The van der Waals surface area contributed by atoms with E-state index in [0.717, 1.165) is 15.4 Å². The van der Waals surface area contributed by atoms with Crippen LogP contribution in [-0.2, 0) is 0 Å². The monoisotopic (exact) mass is 459 g/mol. The Morgan fingerprint density at radius 2 is 2.00 bits per heavy atom. The van der Waals surface area contributed by atoms with E-state index in [9.17, 15) is 4.79 Å². The van der Waals surface area contributed by atoms with Crippen LogP contribution in [-0.4, -0.2) is 11.2 Å². The molecule has 0 bridgehead atoms. The van der Waals surface area contributed by atoms with E-state index in [-0.39, 0.29) is 0 Å². The topological polar surface area (TPSA) is 67.5 Å². The van der Waals surface area contributed by atoms with Gasteiger partial charge in [0, 0.05) is 21.1 Å². The zero-order valence-corrected chi connectivity index (χ0v) is 16.8. The van der Waals surface area contributed by atoms with Crippen molar-refractivity contribution in [3.63, 3.8) is 0 Å². The second-order valence-corrected chi connectivity index (χ2v) is 7.96. The summed E-state index contributed by atoms with van der Waals surface area (Å²) in [6.07, 6.45) is 3.31. The highest BCUT2D eigenvalue weighted by Crippen LogP contribution is 2.29. The fourth-order valence-electron chi connectivity index (χ4n) is 2.43. The van der Waals surface area contributed by atoms with Crippen molar-refractivity contribution in [2.45, 2.75) is 0 Å². The number of nitrogens with one attached hydrogen (secondary N) is 1. The predicted molar refractivity (Wildman–Crippen MR) is 114 cm³/mol. The van der Waals surface area contributed by atoms with Gasteiger partial charge in [-0.3, -0.25) is 5.43 Å². The molecule has 0 saturated heterocycles. The van der Waals surface area contributed by atoms with Gasteiger partial charge in [-0.2, -0.15) is 5.10 Å². The molecule has 27 heavy (non-hydrogen) atoms. The zero-order chi connectivity index (χ0) is 18.8. The minimum atomic E-state index is -0.418. The lowest BCUT2D eigenvalue weighted by molar-refractivity contribution is 0.563. The molecule has 4 rings (SSSR count). The van der Waals surface area contributed by atoms with E-state index in [1.807, 2.05) is 24.3 Å². The van der Waals surface area contributed by atoms with Gasteiger partial charge in [0.1, 0.15) is 5.58 Å². The average molecular weight is 461 g/mol. The quantitative estimate of drug-likeness (QED) is 0.238. The van der Waals surface area contributed by atoms with Gasteiger partial charge >= 0.3 is 5.63 Å². The zero-order valence-electron chi connectivity index (χ0n) is 13.6. The Labute approximate surface area is 171 Å². The Morgan fingerprint density at radius 3 is 2.81 bits per heavy atom. The van der Waals surface area contributed by atoms with E-state index >= 15 is 0 Å². The number of halogens is 2. The van der Waals surface area contributed by atoms with Crippen LogP contribution < -0.4 is 11.1 Å². The SMILES string of the molecule is O=c1oc2ccc(Cl)cc2cc1-c1cnc(N/N=C/c2ccc(Br)cc2)s1. The van der Waals surface area contributed by atoms with Crippen LogP contribution in [0.5, 0.6) is 0 Å². The number of thiazole rings is 1. The average Bonchev–Trinajstić information content (AvgIpc) is 3.12. The molecule has 0 saturated carbocycles.